The molecule has 112 valence electrons. The first-order valence-electron chi connectivity index (χ1n) is 7.55. The second kappa shape index (κ2) is 6.16. The second-order valence-electron chi connectivity index (χ2n) is 5.84. The first-order chi connectivity index (χ1) is 10.2. The summed E-state index contributed by atoms with van der Waals surface area (Å²) in [5.74, 6) is 1.34. The van der Waals surface area contributed by atoms with E-state index in [1.807, 2.05) is 18.2 Å². The van der Waals surface area contributed by atoms with Crippen molar-refractivity contribution in [1.29, 1.82) is 0 Å². The van der Waals surface area contributed by atoms with Crippen molar-refractivity contribution in [3.8, 4) is 16.3 Å². The summed E-state index contributed by atoms with van der Waals surface area (Å²) < 4.78 is 5.47. The molecule has 3 rings (SSSR count). The molecule has 3 nitrogen and oxygen atoms in total. The third kappa shape index (κ3) is 3.27. The summed E-state index contributed by atoms with van der Waals surface area (Å²) in [6, 6.07) is 8.83. The third-order valence-electron chi connectivity index (χ3n) is 3.74. The van der Waals surface area contributed by atoms with Crippen molar-refractivity contribution in [2.45, 2.75) is 45.2 Å². The van der Waals surface area contributed by atoms with Crippen LogP contribution in [0, 0.1) is 0 Å². The highest BCUT2D eigenvalue weighted by Crippen LogP contribution is 2.36. The number of nitrogens with one attached hydrogen (secondary N) is 1. The third-order valence-corrected chi connectivity index (χ3v) is 4.84. The van der Waals surface area contributed by atoms with Gasteiger partial charge in [-0.1, -0.05) is 26.0 Å². The Morgan fingerprint density at radius 2 is 2.10 bits per heavy atom. The summed E-state index contributed by atoms with van der Waals surface area (Å²) in [5.41, 5.74) is 2.30. The number of benzene rings is 1. The standard InChI is InChI=1S/C17H22N2OS/c1-11(2)16-15(10-18-12-8-9-12)21-17(19-16)13-6-4-5-7-14(13)20-3/h4-7,11-12,18H,8-10H2,1-3H3. The van der Waals surface area contributed by atoms with Gasteiger partial charge in [-0.05, 0) is 30.9 Å². The van der Waals surface area contributed by atoms with E-state index in [1.54, 1.807) is 18.4 Å². The van der Waals surface area contributed by atoms with Gasteiger partial charge in [-0.15, -0.1) is 11.3 Å². The van der Waals surface area contributed by atoms with Gasteiger partial charge in [0.05, 0.1) is 18.4 Å². The maximum atomic E-state index is 5.47. The Bertz CT molecular complexity index is 617. The van der Waals surface area contributed by atoms with Gasteiger partial charge in [0.2, 0.25) is 0 Å². The van der Waals surface area contributed by atoms with E-state index in [4.69, 9.17) is 9.72 Å². The second-order valence-corrected chi connectivity index (χ2v) is 6.92. The number of rotatable bonds is 6. The van der Waals surface area contributed by atoms with Gasteiger partial charge < -0.3 is 10.1 Å². The minimum atomic E-state index is 0.445. The fourth-order valence-corrected chi connectivity index (χ4v) is 3.60. The van der Waals surface area contributed by atoms with Crippen molar-refractivity contribution in [3.63, 3.8) is 0 Å². The topological polar surface area (TPSA) is 34.1 Å². The Kier molecular flexibility index (Phi) is 4.27. The fraction of sp³-hybridized carbons (Fsp3) is 0.471. The number of ether oxygens (including phenoxy) is 1. The van der Waals surface area contributed by atoms with Crippen LogP contribution >= 0.6 is 11.3 Å². The SMILES string of the molecule is COc1ccccc1-c1nc(C(C)C)c(CNC2CC2)s1. The Morgan fingerprint density at radius 1 is 1.33 bits per heavy atom. The number of nitrogens with zero attached hydrogens (tertiary/aromatic N) is 1. The molecule has 0 saturated heterocycles. The summed E-state index contributed by atoms with van der Waals surface area (Å²) in [4.78, 5) is 6.24. The minimum Gasteiger partial charge on any atom is -0.496 e. The highest BCUT2D eigenvalue weighted by Gasteiger charge is 2.23. The molecular formula is C17H22N2OS. The van der Waals surface area contributed by atoms with Crippen molar-refractivity contribution in [3.05, 3.63) is 34.8 Å². The molecule has 0 atom stereocenters. The summed E-state index contributed by atoms with van der Waals surface area (Å²) in [5, 5.41) is 4.66. The Balaban J connectivity index is 1.92. The van der Waals surface area contributed by atoms with Crippen LogP contribution in [0.2, 0.25) is 0 Å². The molecule has 1 aromatic carbocycles. The number of methoxy groups -OCH3 is 1. The fourth-order valence-electron chi connectivity index (χ4n) is 2.40. The lowest BCUT2D eigenvalue weighted by Gasteiger charge is -2.05. The van der Waals surface area contributed by atoms with E-state index in [9.17, 15) is 0 Å². The molecule has 0 spiro atoms. The average Bonchev–Trinajstić information content (AvgIpc) is 3.22. The maximum Gasteiger partial charge on any atom is 0.129 e. The Morgan fingerprint density at radius 3 is 2.76 bits per heavy atom. The number of thiazole rings is 1. The van der Waals surface area contributed by atoms with Gasteiger partial charge >= 0.3 is 0 Å². The number of aromatic nitrogens is 1. The van der Waals surface area contributed by atoms with Gasteiger partial charge in [-0.2, -0.15) is 0 Å². The van der Waals surface area contributed by atoms with Gasteiger partial charge in [-0.3, -0.25) is 0 Å². The molecule has 0 bridgehead atoms. The maximum absolute atomic E-state index is 5.47. The summed E-state index contributed by atoms with van der Waals surface area (Å²) in [6.07, 6.45) is 2.63. The molecule has 0 aliphatic heterocycles. The largest absolute Gasteiger partial charge is 0.496 e. The predicted octanol–water partition coefficient (Wildman–Crippen LogP) is 4.19. The lowest BCUT2D eigenvalue weighted by molar-refractivity contribution is 0.416. The van der Waals surface area contributed by atoms with E-state index in [-0.39, 0.29) is 0 Å². The predicted molar refractivity (Wildman–Crippen MR) is 88.1 cm³/mol. The van der Waals surface area contributed by atoms with Crippen molar-refractivity contribution < 1.29 is 4.74 Å². The molecule has 0 amide bonds. The lowest BCUT2D eigenvalue weighted by atomic mass is 10.1. The zero-order chi connectivity index (χ0) is 14.8. The zero-order valence-corrected chi connectivity index (χ0v) is 13.7. The van der Waals surface area contributed by atoms with Crippen molar-refractivity contribution in [2.75, 3.05) is 7.11 Å². The van der Waals surface area contributed by atoms with Gasteiger partial charge in [0.25, 0.3) is 0 Å². The Labute approximate surface area is 130 Å². The summed E-state index contributed by atoms with van der Waals surface area (Å²) in [7, 11) is 1.71. The molecule has 1 aliphatic carbocycles. The molecule has 1 aliphatic rings. The Hall–Kier alpha value is -1.39. The summed E-state index contributed by atoms with van der Waals surface area (Å²) in [6.45, 7) is 5.36. The van der Waals surface area contributed by atoms with Crippen molar-refractivity contribution in [1.82, 2.24) is 10.3 Å². The molecular weight excluding hydrogens is 280 g/mol. The molecule has 1 fully saturated rings. The van der Waals surface area contributed by atoms with Crippen molar-refractivity contribution >= 4 is 11.3 Å². The molecule has 1 N–H and O–H groups in total. The van der Waals surface area contributed by atoms with E-state index >= 15 is 0 Å². The van der Waals surface area contributed by atoms with Crippen LogP contribution in [0.1, 0.15) is 43.2 Å². The molecule has 1 aromatic heterocycles. The quantitative estimate of drug-likeness (QED) is 0.868. The van der Waals surface area contributed by atoms with Gasteiger partial charge in [0.15, 0.2) is 0 Å². The van der Waals surface area contributed by atoms with Crippen LogP contribution < -0.4 is 10.1 Å². The molecule has 0 unspecified atom stereocenters. The zero-order valence-electron chi connectivity index (χ0n) is 12.8. The van der Waals surface area contributed by atoms with Crippen LogP contribution in [0.4, 0.5) is 0 Å². The molecule has 4 heteroatoms. The molecule has 1 saturated carbocycles. The van der Waals surface area contributed by atoms with Crippen LogP contribution in [0.3, 0.4) is 0 Å². The van der Waals surface area contributed by atoms with Crippen LogP contribution in [0.25, 0.3) is 10.6 Å². The number of hydrogen-bond donors (Lipinski definition) is 1. The first-order valence-corrected chi connectivity index (χ1v) is 8.37. The molecule has 0 radical (unpaired) electrons. The smallest absolute Gasteiger partial charge is 0.129 e. The summed E-state index contributed by atoms with van der Waals surface area (Å²) >= 11 is 1.79. The molecule has 1 heterocycles. The van der Waals surface area contributed by atoms with Crippen LogP contribution in [0.15, 0.2) is 24.3 Å². The molecule has 2 aromatic rings. The van der Waals surface area contributed by atoms with E-state index in [1.165, 1.54) is 23.4 Å². The van der Waals surface area contributed by atoms with Gasteiger partial charge in [0, 0.05) is 17.5 Å². The van der Waals surface area contributed by atoms with Crippen LogP contribution in [-0.4, -0.2) is 18.1 Å². The van der Waals surface area contributed by atoms with Gasteiger partial charge in [0.1, 0.15) is 10.8 Å². The minimum absolute atomic E-state index is 0.445. The average molecular weight is 302 g/mol. The van der Waals surface area contributed by atoms with E-state index in [0.717, 1.165) is 28.9 Å². The highest BCUT2D eigenvalue weighted by molar-refractivity contribution is 7.15. The number of para-hydroxylation sites is 1. The van der Waals surface area contributed by atoms with Crippen LogP contribution in [-0.2, 0) is 6.54 Å². The normalized spacial score (nSPS) is 14.7. The lowest BCUT2D eigenvalue weighted by Crippen LogP contribution is -2.15. The molecule has 21 heavy (non-hydrogen) atoms. The van der Waals surface area contributed by atoms with E-state index < -0.39 is 0 Å². The van der Waals surface area contributed by atoms with E-state index in [2.05, 4.69) is 25.2 Å². The van der Waals surface area contributed by atoms with E-state index in [0.29, 0.717) is 5.92 Å². The van der Waals surface area contributed by atoms with Crippen molar-refractivity contribution in [2.24, 2.45) is 0 Å². The van der Waals surface area contributed by atoms with Gasteiger partial charge in [-0.25, -0.2) is 4.98 Å². The number of hydrogen-bond acceptors (Lipinski definition) is 4. The first kappa shape index (κ1) is 14.5. The van der Waals surface area contributed by atoms with Crippen LogP contribution in [0.5, 0.6) is 5.75 Å². The highest BCUT2D eigenvalue weighted by atomic mass is 32.1. The monoisotopic (exact) mass is 302 g/mol.